The lowest BCUT2D eigenvalue weighted by Crippen LogP contribution is -2.46. The molecule has 2 aliphatic rings. The number of anilines is 1. The number of rotatable bonds is 7. The third-order valence-corrected chi connectivity index (χ3v) is 7.20. The molecule has 1 N–H and O–H groups in total. The Morgan fingerprint density at radius 3 is 2.35 bits per heavy atom. The fraction of sp³-hybridized carbons (Fsp3) is 0.519. The van der Waals surface area contributed by atoms with E-state index >= 15 is 0 Å². The number of carbonyl (C=O) groups is 1. The summed E-state index contributed by atoms with van der Waals surface area (Å²) in [6, 6.07) is 19.2. The van der Waals surface area contributed by atoms with E-state index in [-0.39, 0.29) is 5.91 Å². The molecule has 2 saturated heterocycles. The molecule has 2 unspecified atom stereocenters. The van der Waals surface area contributed by atoms with Gasteiger partial charge in [-0.3, -0.25) is 9.69 Å². The van der Waals surface area contributed by atoms with Crippen molar-refractivity contribution in [2.45, 2.75) is 71.1 Å². The molecule has 0 spiro atoms. The first-order valence-corrected chi connectivity index (χ1v) is 11.8. The first-order valence-electron chi connectivity index (χ1n) is 11.8. The molecule has 2 fully saturated rings. The number of hydrogen-bond acceptors (Lipinski definition) is 3. The molecule has 2 aromatic rings. The number of likely N-dealkylation sites (tertiary alicyclic amines) is 1. The number of aryl methyl sites for hydroxylation is 1. The topological polar surface area (TPSA) is 41.6 Å². The zero-order chi connectivity index (χ0) is 21.7. The number of amides is 1. The molecule has 0 bridgehead atoms. The van der Waals surface area contributed by atoms with Crippen LogP contribution in [0.4, 0.5) is 5.69 Å². The van der Waals surface area contributed by atoms with Gasteiger partial charge >= 0.3 is 0 Å². The van der Waals surface area contributed by atoms with Gasteiger partial charge in [-0.2, -0.15) is 0 Å². The van der Waals surface area contributed by atoms with Gasteiger partial charge in [-0.05, 0) is 87.2 Å². The number of hydrogen-bond donors (Lipinski definition) is 1. The zero-order valence-corrected chi connectivity index (χ0v) is 19.0. The Balaban J connectivity index is 1.37. The standard InChI is InChI=1S/C27H36N2O2/c1-21-8-13-26(31-21)27(15-14-23-6-4-3-5-7-23)16-18-29(19-17-27)20-24-9-11-25(12-10-24)28-22(2)30/h3-7,9-12,21,26H,8,13-20H2,1-2H3,(H,28,30). The molecule has 2 aliphatic heterocycles. The average Bonchev–Trinajstić information content (AvgIpc) is 3.22. The first kappa shape index (κ1) is 22.0. The highest BCUT2D eigenvalue weighted by atomic mass is 16.5. The van der Waals surface area contributed by atoms with E-state index in [9.17, 15) is 4.79 Å². The van der Waals surface area contributed by atoms with Crippen LogP contribution < -0.4 is 5.32 Å². The smallest absolute Gasteiger partial charge is 0.221 e. The molecule has 31 heavy (non-hydrogen) atoms. The lowest BCUT2D eigenvalue weighted by Gasteiger charge is -2.45. The number of benzene rings is 2. The van der Waals surface area contributed by atoms with Crippen LogP contribution in [0.15, 0.2) is 54.6 Å². The molecule has 0 saturated carbocycles. The normalized spacial score (nSPS) is 23.5. The van der Waals surface area contributed by atoms with E-state index in [1.54, 1.807) is 6.92 Å². The van der Waals surface area contributed by atoms with Gasteiger partial charge in [-0.1, -0.05) is 42.5 Å². The molecule has 2 atom stereocenters. The van der Waals surface area contributed by atoms with Crippen molar-refractivity contribution in [3.05, 3.63) is 65.7 Å². The lowest BCUT2D eigenvalue weighted by atomic mass is 9.69. The van der Waals surface area contributed by atoms with E-state index in [1.807, 2.05) is 12.1 Å². The average molecular weight is 421 g/mol. The summed E-state index contributed by atoms with van der Waals surface area (Å²) in [5, 5.41) is 2.84. The fourth-order valence-electron chi connectivity index (χ4n) is 5.34. The number of nitrogens with zero attached hydrogens (tertiary/aromatic N) is 1. The largest absolute Gasteiger partial charge is 0.375 e. The second-order valence-electron chi connectivity index (χ2n) is 9.51. The molecule has 0 radical (unpaired) electrons. The van der Waals surface area contributed by atoms with Crippen LogP contribution in [0.5, 0.6) is 0 Å². The van der Waals surface area contributed by atoms with Crippen LogP contribution in [0.2, 0.25) is 0 Å². The highest BCUT2D eigenvalue weighted by Gasteiger charge is 2.44. The molecule has 166 valence electrons. The van der Waals surface area contributed by atoms with Crippen molar-refractivity contribution in [1.82, 2.24) is 4.90 Å². The van der Waals surface area contributed by atoms with Crippen molar-refractivity contribution in [3.63, 3.8) is 0 Å². The van der Waals surface area contributed by atoms with Gasteiger partial charge in [0, 0.05) is 19.2 Å². The Morgan fingerprint density at radius 1 is 1.03 bits per heavy atom. The van der Waals surface area contributed by atoms with Gasteiger partial charge < -0.3 is 10.1 Å². The quantitative estimate of drug-likeness (QED) is 0.650. The summed E-state index contributed by atoms with van der Waals surface area (Å²) < 4.78 is 6.44. The molecule has 1 amide bonds. The van der Waals surface area contributed by atoms with Gasteiger partial charge in [-0.25, -0.2) is 0 Å². The zero-order valence-electron chi connectivity index (χ0n) is 19.0. The third-order valence-electron chi connectivity index (χ3n) is 7.20. The SMILES string of the molecule is CC(=O)Nc1ccc(CN2CCC(CCc3ccccc3)(C3CCC(C)O3)CC2)cc1. The van der Waals surface area contributed by atoms with Crippen molar-refractivity contribution in [2.75, 3.05) is 18.4 Å². The van der Waals surface area contributed by atoms with E-state index in [0.29, 0.717) is 17.6 Å². The van der Waals surface area contributed by atoms with Crippen molar-refractivity contribution >= 4 is 11.6 Å². The van der Waals surface area contributed by atoms with Crippen LogP contribution >= 0.6 is 0 Å². The van der Waals surface area contributed by atoms with Crippen molar-refractivity contribution < 1.29 is 9.53 Å². The number of ether oxygens (including phenoxy) is 1. The molecule has 4 heteroatoms. The Morgan fingerprint density at radius 2 is 1.74 bits per heavy atom. The van der Waals surface area contributed by atoms with Crippen LogP contribution in [-0.4, -0.2) is 36.1 Å². The molecular weight excluding hydrogens is 384 g/mol. The third kappa shape index (κ3) is 5.75. The number of carbonyl (C=O) groups excluding carboxylic acids is 1. The van der Waals surface area contributed by atoms with Crippen LogP contribution in [0.3, 0.4) is 0 Å². The summed E-state index contributed by atoms with van der Waals surface area (Å²) in [4.78, 5) is 13.8. The Labute approximate surface area is 187 Å². The highest BCUT2D eigenvalue weighted by molar-refractivity contribution is 5.88. The summed E-state index contributed by atoms with van der Waals surface area (Å²) in [6.07, 6.45) is 7.99. The Bertz CT molecular complexity index is 841. The predicted molar refractivity (Wildman–Crippen MR) is 126 cm³/mol. The summed E-state index contributed by atoms with van der Waals surface area (Å²) in [7, 11) is 0. The van der Waals surface area contributed by atoms with Crippen molar-refractivity contribution in [3.8, 4) is 0 Å². The molecule has 0 aliphatic carbocycles. The van der Waals surface area contributed by atoms with E-state index in [1.165, 1.54) is 43.2 Å². The van der Waals surface area contributed by atoms with Gasteiger partial charge in [0.05, 0.1) is 12.2 Å². The second-order valence-corrected chi connectivity index (χ2v) is 9.51. The minimum atomic E-state index is -0.0286. The summed E-state index contributed by atoms with van der Waals surface area (Å²) >= 11 is 0. The highest BCUT2D eigenvalue weighted by Crippen LogP contribution is 2.45. The summed E-state index contributed by atoms with van der Waals surface area (Å²) in [5.41, 5.74) is 3.90. The maximum atomic E-state index is 11.2. The maximum absolute atomic E-state index is 11.2. The molecule has 0 aromatic heterocycles. The molecule has 4 nitrogen and oxygen atoms in total. The maximum Gasteiger partial charge on any atom is 0.221 e. The fourth-order valence-corrected chi connectivity index (χ4v) is 5.34. The number of nitrogens with one attached hydrogen (secondary N) is 1. The lowest BCUT2D eigenvalue weighted by molar-refractivity contribution is -0.114. The number of piperidine rings is 1. The van der Waals surface area contributed by atoms with E-state index in [0.717, 1.165) is 31.7 Å². The minimum Gasteiger partial charge on any atom is -0.375 e. The summed E-state index contributed by atoms with van der Waals surface area (Å²) in [6.45, 7) is 6.98. The van der Waals surface area contributed by atoms with Crippen molar-refractivity contribution in [2.24, 2.45) is 5.41 Å². The molecule has 2 aromatic carbocycles. The Hall–Kier alpha value is -2.17. The Kier molecular flexibility index (Phi) is 7.09. The minimum absolute atomic E-state index is 0.0286. The van der Waals surface area contributed by atoms with Gasteiger partial charge in [0.1, 0.15) is 0 Å². The van der Waals surface area contributed by atoms with E-state index in [4.69, 9.17) is 4.74 Å². The predicted octanol–water partition coefficient (Wildman–Crippen LogP) is 5.43. The van der Waals surface area contributed by atoms with Crippen LogP contribution in [-0.2, 0) is 22.5 Å². The van der Waals surface area contributed by atoms with Crippen LogP contribution in [0, 0.1) is 5.41 Å². The molecule has 4 rings (SSSR count). The monoisotopic (exact) mass is 420 g/mol. The van der Waals surface area contributed by atoms with E-state index in [2.05, 4.69) is 59.6 Å². The van der Waals surface area contributed by atoms with Gasteiger partial charge in [0.2, 0.25) is 5.91 Å². The molecular formula is C27H36N2O2. The molecule has 2 heterocycles. The van der Waals surface area contributed by atoms with Crippen LogP contribution in [0.25, 0.3) is 0 Å². The first-order chi connectivity index (χ1) is 15.0. The van der Waals surface area contributed by atoms with Crippen LogP contribution in [0.1, 0.15) is 57.1 Å². The summed E-state index contributed by atoms with van der Waals surface area (Å²) in [5.74, 6) is -0.0286. The second kappa shape index (κ2) is 9.97. The van der Waals surface area contributed by atoms with E-state index < -0.39 is 0 Å². The van der Waals surface area contributed by atoms with Crippen molar-refractivity contribution in [1.29, 1.82) is 0 Å². The van der Waals surface area contributed by atoms with Gasteiger partial charge in [0.15, 0.2) is 0 Å². The van der Waals surface area contributed by atoms with Gasteiger partial charge in [-0.15, -0.1) is 0 Å². The van der Waals surface area contributed by atoms with Gasteiger partial charge in [0.25, 0.3) is 0 Å².